The first kappa shape index (κ1) is 18.0. The highest BCUT2D eigenvalue weighted by atomic mass is 35.5. The van der Waals surface area contributed by atoms with Crippen LogP contribution in [0.5, 0.6) is 0 Å². The molecule has 2 N–H and O–H groups in total. The summed E-state index contributed by atoms with van der Waals surface area (Å²) in [6, 6.07) is 17.3. The fraction of sp³-hybridized carbons (Fsp3) is 0.143. The minimum absolute atomic E-state index is 0.0628. The molecule has 2 aromatic carbocycles. The normalized spacial score (nSPS) is 10.4. The molecule has 5 heteroatoms. The fourth-order valence-electron chi connectivity index (χ4n) is 2.55. The number of nitrogens with zero attached hydrogens (tertiary/aromatic N) is 1. The van der Waals surface area contributed by atoms with Gasteiger partial charge in [0.15, 0.2) is 0 Å². The van der Waals surface area contributed by atoms with Gasteiger partial charge in [-0.05, 0) is 54.8 Å². The molecule has 0 aliphatic rings. The minimum atomic E-state index is -0.0628. The smallest absolute Gasteiger partial charge is 0.228 e. The Morgan fingerprint density at radius 3 is 2.46 bits per heavy atom. The Hall–Kier alpha value is -2.85. The largest absolute Gasteiger partial charge is 0.340 e. The number of hydrogen-bond donors (Lipinski definition) is 2. The number of rotatable bonds is 5. The van der Waals surface area contributed by atoms with E-state index in [1.54, 1.807) is 6.20 Å². The molecular formula is C21H20ClN3O. The third-order valence-corrected chi connectivity index (χ3v) is 4.51. The lowest BCUT2D eigenvalue weighted by molar-refractivity contribution is -0.115. The number of hydrogen-bond acceptors (Lipinski definition) is 3. The van der Waals surface area contributed by atoms with Gasteiger partial charge in [-0.2, -0.15) is 0 Å². The second-order valence-electron chi connectivity index (χ2n) is 6.17. The highest BCUT2D eigenvalue weighted by Gasteiger charge is 2.07. The number of aromatic nitrogens is 1. The van der Waals surface area contributed by atoms with E-state index < -0.39 is 0 Å². The van der Waals surface area contributed by atoms with Crippen LogP contribution in [0.3, 0.4) is 0 Å². The summed E-state index contributed by atoms with van der Waals surface area (Å²) in [7, 11) is 0. The van der Waals surface area contributed by atoms with Gasteiger partial charge < -0.3 is 10.6 Å². The van der Waals surface area contributed by atoms with E-state index in [1.807, 2.05) is 68.4 Å². The molecule has 0 atom stereocenters. The van der Waals surface area contributed by atoms with Crippen LogP contribution in [0, 0.1) is 13.8 Å². The van der Waals surface area contributed by atoms with Gasteiger partial charge in [-0.25, -0.2) is 4.98 Å². The Morgan fingerprint density at radius 1 is 1.00 bits per heavy atom. The number of carbonyl (C=O) groups excluding carboxylic acids is 1. The van der Waals surface area contributed by atoms with Crippen molar-refractivity contribution in [2.45, 2.75) is 20.3 Å². The zero-order valence-corrected chi connectivity index (χ0v) is 15.5. The molecule has 0 fully saturated rings. The molecule has 1 heterocycles. The van der Waals surface area contributed by atoms with Crippen molar-refractivity contribution >= 4 is 34.7 Å². The van der Waals surface area contributed by atoms with Gasteiger partial charge in [-0.1, -0.05) is 41.9 Å². The molecule has 0 aliphatic heterocycles. The maximum Gasteiger partial charge on any atom is 0.228 e. The zero-order valence-electron chi connectivity index (χ0n) is 14.7. The number of benzene rings is 2. The topological polar surface area (TPSA) is 54.0 Å². The van der Waals surface area contributed by atoms with Crippen molar-refractivity contribution in [2.24, 2.45) is 0 Å². The van der Waals surface area contributed by atoms with E-state index in [4.69, 9.17) is 11.6 Å². The van der Waals surface area contributed by atoms with Crippen LogP contribution in [0.15, 0.2) is 60.8 Å². The van der Waals surface area contributed by atoms with Crippen molar-refractivity contribution in [2.75, 3.05) is 10.6 Å². The van der Waals surface area contributed by atoms with Crippen LogP contribution < -0.4 is 10.6 Å². The van der Waals surface area contributed by atoms with Crippen molar-refractivity contribution in [3.05, 3.63) is 82.5 Å². The second kappa shape index (κ2) is 8.02. The Labute approximate surface area is 158 Å². The number of carbonyl (C=O) groups is 1. The second-order valence-corrected chi connectivity index (χ2v) is 6.58. The maximum atomic E-state index is 12.2. The van der Waals surface area contributed by atoms with Crippen molar-refractivity contribution in [3.8, 4) is 0 Å². The van der Waals surface area contributed by atoms with Crippen LogP contribution in [-0.2, 0) is 11.2 Å². The van der Waals surface area contributed by atoms with Gasteiger partial charge in [0.1, 0.15) is 5.82 Å². The molecule has 4 nitrogen and oxygen atoms in total. The molecular weight excluding hydrogens is 346 g/mol. The lowest BCUT2D eigenvalue weighted by atomic mass is 10.1. The van der Waals surface area contributed by atoms with Gasteiger partial charge in [0.05, 0.1) is 18.3 Å². The predicted molar refractivity (Wildman–Crippen MR) is 107 cm³/mol. The third-order valence-electron chi connectivity index (χ3n) is 4.10. The van der Waals surface area contributed by atoms with Crippen LogP contribution in [0.25, 0.3) is 0 Å². The predicted octanol–water partition coefficient (Wildman–Crippen LogP) is 5.28. The molecule has 132 valence electrons. The number of aryl methyl sites for hydroxylation is 2. The van der Waals surface area contributed by atoms with Gasteiger partial charge in [0.25, 0.3) is 0 Å². The molecule has 0 radical (unpaired) electrons. The molecule has 0 saturated carbocycles. The van der Waals surface area contributed by atoms with Crippen molar-refractivity contribution in [1.29, 1.82) is 0 Å². The fourth-order valence-corrected chi connectivity index (χ4v) is 2.73. The summed E-state index contributed by atoms with van der Waals surface area (Å²) >= 11 is 6.13. The van der Waals surface area contributed by atoms with Crippen molar-refractivity contribution in [3.63, 3.8) is 0 Å². The Balaban J connectivity index is 1.61. The van der Waals surface area contributed by atoms with Gasteiger partial charge >= 0.3 is 0 Å². The molecule has 1 aromatic heterocycles. The third kappa shape index (κ3) is 4.61. The lowest BCUT2D eigenvalue weighted by Crippen LogP contribution is -2.15. The summed E-state index contributed by atoms with van der Waals surface area (Å²) in [6.45, 7) is 3.96. The highest BCUT2D eigenvalue weighted by molar-refractivity contribution is 6.31. The maximum absolute atomic E-state index is 12.2. The summed E-state index contributed by atoms with van der Waals surface area (Å²) in [4.78, 5) is 16.5. The van der Waals surface area contributed by atoms with E-state index in [1.165, 1.54) is 0 Å². The highest BCUT2D eigenvalue weighted by Crippen LogP contribution is 2.23. The zero-order chi connectivity index (χ0) is 18.5. The molecule has 0 saturated heterocycles. The number of pyridine rings is 1. The lowest BCUT2D eigenvalue weighted by Gasteiger charge is -2.09. The molecule has 0 unspecified atom stereocenters. The number of halogens is 1. The minimum Gasteiger partial charge on any atom is -0.340 e. The van der Waals surface area contributed by atoms with Gasteiger partial charge in [0.2, 0.25) is 5.91 Å². The van der Waals surface area contributed by atoms with Crippen molar-refractivity contribution < 1.29 is 4.79 Å². The Bertz CT molecular complexity index is 923. The summed E-state index contributed by atoms with van der Waals surface area (Å²) in [5, 5.41) is 6.77. The van der Waals surface area contributed by atoms with Crippen molar-refractivity contribution in [1.82, 2.24) is 4.98 Å². The van der Waals surface area contributed by atoms with E-state index in [9.17, 15) is 4.79 Å². The average Bonchev–Trinajstić information content (AvgIpc) is 2.62. The first-order valence-electron chi connectivity index (χ1n) is 8.35. The summed E-state index contributed by atoms with van der Waals surface area (Å²) in [6.07, 6.45) is 1.97. The SMILES string of the molecule is Cc1ccc(Nc2ccc(NC(=O)Cc3ccccc3C)cn2)cc1Cl. The summed E-state index contributed by atoms with van der Waals surface area (Å²) in [5.41, 5.74) is 4.68. The van der Waals surface area contributed by atoms with Gasteiger partial charge in [-0.3, -0.25) is 4.79 Å². The van der Waals surface area contributed by atoms with Gasteiger partial charge in [0, 0.05) is 10.7 Å². The Kier molecular flexibility index (Phi) is 5.54. The molecule has 1 amide bonds. The van der Waals surface area contributed by atoms with E-state index in [-0.39, 0.29) is 5.91 Å². The molecule has 26 heavy (non-hydrogen) atoms. The number of nitrogens with one attached hydrogen (secondary N) is 2. The van der Waals surface area contributed by atoms with E-state index in [0.717, 1.165) is 22.4 Å². The number of amides is 1. The van der Waals surface area contributed by atoms with Crippen LogP contribution in [0.2, 0.25) is 5.02 Å². The molecule has 0 aliphatic carbocycles. The molecule has 3 aromatic rings. The van der Waals surface area contributed by atoms with Crippen LogP contribution in [0.1, 0.15) is 16.7 Å². The van der Waals surface area contributed by atoms with E-state index in [2.05, 4.69) is 15.6 Å². The van der Waals surface area contributed by atoms with Crippen LogP contribution in [0.4, 0.5) is 17.2 Å². The van der Waals surface area contributed by atoms with E-state index >= 15 is 0 Å². The monoisotopic (exact) mass is 365 g/mol. The summed E-state index contributed by atoms with van der Waals surface area (Å²) < 4.78 is 0. The quantitative estimate of drug-likeness (QED) is 0.647. The standard InChI is InChI=1S/C21H20ClN3O/c1-14-5-3-4-6-16(14)11-21(26)25-18-9-10-20(23-13-18)24-17-8-7-15(2)19(22)12-17/h3-10,12-13H,11H2,1-2H3,(H,23,24)(H,25,26). The van der Waals surface area contributed by atoms with Crippen LogP contribution >= 0.6 is 11.6 Å². The first-order valence-corrected chi connectivity index (χ1v) is 8.72. The average molecular weight is 366 g/mol. The first-order chi connectivity index (χ1) is 12.5. The number of anilines is 3. The molecule has 3 rings (SSSR count). The van der Waals surface area contributed by atoms with Crippen LogP contribution in [-0.4, -0.2) is 10.9 Å². The van der Waals surface area contributed by atoms with E-state index in [0.29, 0.717) is 22.9 Å². The molecule has 0 bridgehead atoms. The van der Waals surface area contributed by atoms with Gasteiger partial charge in [-0.15, -0.1) is 0 Å². The Morgan fingerprint density at radius 2 is 1.77 bits per heavy atom. The summed E-state index contributed by atoms with van der Waals surface area (Å²) in [5.74, 6) is 0.619. The molecule has 0 spiro atoms.